The zero-order valence-electron chi connectivity index (χ0n) is 13.9. The number of nitrogens with zero attached hydrogens (tertiary/aromatic N) is 4. The van der Waals surface area contributed by atoms with Gasteiger partial charge < -0.3 is 20.9 Å². The Hall–Kier alpha value is -1.56. The summed E-state index contributed by atoms with van der Waals surface area (Å²) in [5, 5.41) is 3.37. The third-order valence-electron chi connectivity index (χ3n) is 4.75. The van der Waals surface area contributed by atoms with Crippen LogP contribution in [0.1, 0.15) is 20.3 Å². The molecule has 0 aliphatic carbocycles. The Labute approximate surface area is 133 Å². The fourth-order valence-electron chi connectivity index (χ4n) is 3.61. The molecule has 2 saturated heterocycles. The van der Waals surface area contributed by atoms with Crippen LogP contribution in [0.25, 0.3) is 0 Å². The lowest BCUT2D eigenvalue weighted by Crippen LogP contribution is -2.27. The zero-order valence-corrected chi connectivity index (χ0v) is 13.9. The molecule has 0 radical (unpaired) electrons. The first kappa shape index (κ1) is 15.3. The molecule has 2 atom stereocenters. The molecule has 3 heterocycles. The van der Waals surface area contributed by atoms with Gasteiger partial charge in [-0.3, -0.25) is 0 Å². The Balaban J connectivity index is 1.65. The van der Waals surface area contributed by atoms with Crippen molar-refractivity contribution in [2.24, 2.45) is 17.8 Å². The number of likely N-dealkylation sites (tertiary alicyclic amines) is 1. The van der Waals surface area contributed by atoms with Crippen molar-refractivity contribution in [3.63, 3.8) is 0 Å². The standard InChI is InChI=1S/C16H28N6/c1-11(2)4-5-18-14-6-15(20-16(17)19-14)22-9-12-7-21(3)8-13(12)10-22/h6,11-13H,4-5,7-10H2,1-3H3,(H3,17,18,19,20)/t12-,13+. The second-order valence-corrected chi connectivity index (χ2v) is 7.23. The quantitative estimate of drug-likeness (QED) is 0.859. The van der Waals surface area contributed by atoms with Gasteiger partial charge in [-0.1, -0.05) is 13.8 Å². The maximum Gasteiger partial charge on any atom is 0.223 e. The summed E-state index contributed by atoms with van der Waals surface area (Å²) in [7, 11) is 2.21. The van der Waals surface area contributed by atoms with Crippen LogP contribution in [-0.2, 0) is 0 Å². The molecule has 22 heavy (non-hydrogen) atoms. The van der Waals surface area contributed by atoms with Crippen molar-refractivity contribution in [3.05, 3.63) is 6.07 Å². The number of hydrogen-bond donors (Lipinski definition) is 2. The van der Waals surface area contributed by atoms with Crippen LogP contribution in [0.3, 0.4) is 0 Å². The summed E-state index contributed by atoms with van der Waals surface area (Å²) in [6.07, 6.45) is 1.12. The highest BCUT2D eigenvalue weighted by atomic mass is 15.3. The molecule has 0 saturated carbocycles. The van der Waals surface area contributed by atoms with Crippen molar-refractivity contribution in [3.8, 4) is 0 Å². The van der Waals surface area contributed by atoms with E-state index < -0.39 is 0 Å². The van der Waals surface area contributed by atoms with Crippen molar-refractivity contribution in [1.82, 2.24) is 14.9 Å². The summed E-state index contributed by atoms with van der Waals surface area (Å²) in [6, 6.07) is 2.04. The van der Waals surface area contributed by atoms with E-state index in [-0.39, 0.29) is 0 Å². The highest BCUT2D eigenvalue weighted by Gasteiger charge is 2.39. The summed E-state index contributed by atoms with van der Waals surface area (Å²) >= 11 is 0. The SMILES string of the molecule is CC(C)CCNc1cc(N2C[C@H]3CN(C)C[C@H]3C2)nc(N)n1. The second kappa shape index (κ2) is 6.28. The van der Waals surface area contributed by atoms with E-state index in [1.165, 1.54) is 13.1 Å². The molecule has 0 aromatic carbocycles. The minimum atomic E-state index is 0.360. The molecule has 3 rings (SSSR count). The minimum absolute atomic E-state index is 0.360. The third kappa shape index (κ3) is 3.43. The Morgan fingerprint density at radius 3 is 2.55 bits per heavy atom. The lowest BCUT2D eigenvalue weighted by atomic mass is 10.0. The fraction of sp³-hybridized carbons (Fsp3) is 0.750. The van der Waals surface area contributed by atoms with Gasteiger partial charge in [-0.05, 0) is 31.2 Å². The Kier molecular flexibility index (Phi) is 4.38. The number of rotatable bonds is 5. The predicted octanol–water partition coefficient (Wildman–Crippen LogP) is 1.51. The van der Waals surface area contributed by atoms with E-state index in [9.17, 15) is 0 Å². The van der Waals surface area contributed by atoms with Crippen LogP contribution >= 0.6 is 0 Å². The van der Waals surface area contributed by atoms with Crippen LogP contribution in [0.2, 0.25) is 0 Å². The second-order valence-electron chi connectivity index (χ2n) is 7.23. The number of nitrogens with one attached hydrogen (secondary N) is 1. The zero-order chi connectivity index (χ0) is 15.7. The minimum Gasteiger partial charge on any atom is -0.370 e. The van der Waals surface area contributed by atoms with E-state index in [4.69, 9.17) is 5.73 Å². The van der Waals surface area contributed by atoms with E-state index in [1.807, 2.05) is 6.07 Å². The van der Waals surface area contributed by atoms with Crippen LogP contribution in [0.15, 0.2) is 6.07 Å². The third-order valence-corrected chi connectivity index (χ3v) is 4.75. The predicted molar refractivity (Wildman–Crippen MR) is 91.1 cm³/mol. The van der Waals surface area contributed by atoms with E-state index in [0.29, 0.717) is 11.9 Å². The molecule has 1 aromatic rings. The lowest BCUT2D eigenvalue weighted by molar-refractivity contribution is 0.387. The molecule has 0 unspecified atom stereocenters. The van der Waals surface area contributed by atoms with Crippen LogP contribution < -0.4 is 16.0 Å². The molecule has 1 aromatic heterocycles. The fourth-order valence-corrected chi connectivity index (χ4v) is 3.61. The monoisotopic (exact) mass is 304 g/mol. The summed E-state index contributed by atoms with van der Waals surface area (Å²) in [4.78, 5) is 13.6. The average molecular weight is 304 g/mol. The van der Waals surface area contributed by atoms with Crippen molar-refractivity contribution in [1.29, 1.82) is 0 Å². The first-order valence-electron chi connectivity index (χ1n) is 8.33. The van der Waals surface area contributed by atoms with Crippen LogP contribution in [0.5, 0.6) is 0 Å². The number of nitrogen functional groups attached to an aromatic ring is 1. The molecular weight excluding hydrogens is 276 g/mol. The van der Waals surface area contributed by atoms with Gasteiger partial charge in [0.05, 0.1) is 0 Å². The van der Waals surface area contributed by atoms with Gasteiger partial charge in [0.2, 0.25) is 5.95 Å². The maximum absolute atomic E-state index is 5.90. The highest BCUT2D eigenvalue weighted by molar-refractivity contribution is 5.53. The molecule has 2 aliphatic rings. The molecule has 6 heteroatoms. The highest BCUT2D eigenvalue weighted by Crippen LogP contribution is 2.33. The summed E-state index contributed by atoms with van der Waals surface area (Å²) < 4.78 is 0. The van der Waals surface area contributed by atoms with E-state index in [1.54, 1.807) is 0 Å². The Bertz CT molecular complexity index is 503. The van der Waals surface area contributed by atoms with Crippen molar-refractivity contribution < 1.29 is 0 Å². The van der Waals surface area contributed by atoms with Crippen LogP contribution in [0.4, 0.5) is 17.6 Å². The van der Waals surface area contributed by atoms with Gasteiger partial charge >= 0.3 is 0 Å². The molecule has 2 fully saturated rings. The molecule has 0 bridgehead atoms. The van der Waals surface area contributed by atoms with Crippen molar-refractivity contribution >= 4 is 17.6 Å². The molecule has 0 amide bonds. The normalized spacial score (nSPS) is 25.0. The van der Waals surface area contributed by atoms with Crippen LogP contribution in [0, 0.1) is 17.8 Å². The topological polar surface area (TPSA) is 70.3 Å². The average Bonchev–Trinajstić information content (AvgIpc) is 2.94. The molecule has 122 valence electrons. The molecule has 2 aliphatic heterocycles. The van der Waals surface area contributed by atoms with Crippen molar-refractivity contribution in [2.75, 3.05) is 55.7 Å². The Morgan fingerprint density at radius 1 is 1.23 bits per heavy atom. The first-order chi connectivity index (χ1) is 10.5. The largest absolute Gasteiger partial charge is 0.370 e. The molecule has 3 N–H and O–H groups in total. The number of hydrogen-bond acceptors (Lipinski definition) is 6. The molecule has 6 nitrogen and oxygen atoms in total. The number of anilines is 3. The van der Waals surface area contributed by atoms with E-state index in [0.717, 1.165) is 49.5 Å². The van der Waals surface area contributed by atoms with Gasteiger partial charge in [0, 0.05) is 38.8 Å². The Morgan fingerprint density at radius 2 is 1.91 bits per heavy atom. The van der Waals surface area contributed by atoms with E-state index in [2.05, 4.69) is 46.0 Å². The summed E-state index contributed by atoms with van der Waals surface area (Å²) in [6.45, 7) is 9.92. The molecule has 0 spiro atoms. The van der Waals surface area contributed by atoms with Gasteiger partial charge in [-0.15, -0.1) is 0 Å². The maximum atomic E-state index is 5.90. The van der Waals surface area contributed by atoms with Crippen molar-refractivity contribution in [2.45, 2.75) is 20.3 Å². The van der Waals surface area contributed by atoms with Gasteiger partial charge in [0.1, 0.15) is 11.6 Å². The summed E-state index contributed by atoms with van der Waals surface area (Å²) in [5.74, 6) is 4.38. The van der Waals surface area contributed by atoms with Gasteiger partial charge in [-0.25, -0.2) is 0 Å². The number of fused-ring (bicyclic) bond motifs is 1. The molecular formula is C16H28N6. The smallest absolute Gasteiger partial charge is 0.223 e. The van der Waals surface area contributed by atoms with Gasteiger partial charge in [0.15, 0.2) is 0 Å². The first-order valence-corrected chi connectivity index (χ1v) is 8.33. The van der Waals surface area contributed by atoms with Gasteiger partial charge in [-0.2, -0.15) is 9.97 Å². The van der Waals surface area contributed by atoms with E-state index >= 15 is 0 Å². The number of nitrogens with two attached hydrogens (primary N) is 1. The lowest BCUT2D eigenvalue weighted by Gasteiger charge is -2.21. The van der Waals surface area contributed by atoms with Crippen LogP contribution in [-0.4, -0.2) is 54.6 Å². The number of aromatic nitrogens is 2. The van der Waals surface area contributed by atoms with Gasteiger partial charge in [0.25, 0.3) is 0 Å². The summed E-state index contributed by atoms with van der Waals surface area (Å²) in [5.41, 5.74) is 5.90.